The summed E-state index contributed by atoms with van der Waals surface area (Å²) in [6.07, 6.45) is 3.67. The van der Waals surface area contributed by atoms with Crippen molar-refractivity contribution in [2.24, 2.45) is 0 Å². The number of aromatic nitrogens is 2. The summed E-state index contributed by atoms with van der Waals surface area (Å²) in [5.74, 6) is 1.80. The summed E-state index contributed by atoms with van der Waals surface area (Å²) in [4.78, 5) is 14.3. The van der Waals surface area contributed by atoms with Crippen molar-refractivity contribution in [3.8, 4) is 0 Å². The Balaban J connectivity index is 1.63. The lowest BCUT2D eigenvalue weighted by Gasteiger charge is -2.37. The van der Waals surface area contributed by atoms with Crippen molar-refractivity contribution in [2.45, 2.75) is 47.0 Å². The molecule has 3 rings (SSSR count). The van der Waals surface area contributed by atoms with E-state index in [4.69, 9.17) is 4.98 Å². The molecule has 2 heterocycles. The zero-order chi connectivity index (χ0) is 19.2. The Morgan fingerprint density at radius 3 is 2.44 bits per heavy atom. The molecule has 1 saturated heterocycles. The average Bonchev–Trinajstić information content (AvgIpc) is 2.67. The van der Waals surface area contributed by atoms with Gasteiger partial charge in [0.1, 0.15) is 5.82 Å². The number of hydrogen-bond donors (Lipinski definition) is 1. The van der Waals surface area contributed by atoms with E-state index in [0.717, 1.165) is 50.2 Å². The maximum absolute atomic E-state index is 4.77. The minimum absolute atomic E-state index is 0.855. The fourth-order valence-electron chi connectivity index (χ4n) is 3.60. The zero-order valence-corrected chi connectivity index (χ0v) is 17.3. The van der Waals surface area contributed by atoms with Crippen LogP contribution < -0.4 is 15.1 Å². The van der Waals surface area contributed by atoms with Crippen LogP contribution >= 0.6 is 0 Å². The second-order valence-electron chi connectivity index (χ2n) is 7.52. The smallest absolute Gasteiger partial charge is 0.227 e. The van der Waals surface area contributed by atoms with Crippen molar-refractivity contribution in [1.82, 2.24) is 9.97 Å². The Morgan fingerprint density at radius 1 is 0.963 bits per heavy atom. The first-order valence-corrected chi connectivity index (χ1v) is 10.2. The predicted molar refractivity (Wildman–Crippen MR) is 115 cm³/mol. The van der Waals surface area contributed by atoms with Crippen LogP contribution in [0.1, 0.15) is 43.0 Å². The van der Waals surface area contributed by atoms with Crippen LogP contribution in [0.4, 0.5) is 17.5 Å². The fraction of sp³-hybridized carbons (Fsp3) is 0.545. The molecule has 0 spiro atoms. The fourth-order valence-corrected chi connectivity index (χ4v) is 3.60. The Kier molecular flexibility index (Phi) is 6.54. The molecular weight excluding hydrogens is 334 g/mol. The maximum Gasteiger partial charge on any atom is 0.227 e. The van der Waals surface area contributed by atoms with Crippen LogP contribution in [0.2, 0.25) is 0 Å². The molecule has 0 aliphatic carbocycles. The lowest BCUT2D eigenvalue weighted by Crippen LogP contribution is -2.47. The lowest BCUT2D eigenvalue weighted by molar-refractivity contribution is 0.638. The van der Waals surface area contributed by atoms with E-state index in [-0.39, 0.29) is 0 Å². The van der Waals surface area contributed by atoms with Gasteiger partial charge in [0.05, 0.1) is 0 Å². The van der Waals surface area contributed by atoms with Crippen LogP contribution in [0.15, 0.2) is 24.3 Å². The molecule has 27 heavy (non-hydrogen) atoms. The highest BCUT2D eigenvalue weighted by Crippen LogP contribution is 2.25. The molecule has 2 aromatic rings. The molecule has 5 heteroatoms. The number of nitrogens with one attached hydrogen (secondary N) is 1. The highest BCUT2D eigenvalue weighted by Gasteiger charge is 2.21. The van der Waals surface area contributed by atoms with E-state index >= 15 is 0 Å². The number of benzene rings is 1. The van der Waals surface area contributed by atoms with Gasteiger partial charge in [0.2, 0.25) is 5.95 Å². The highest BCUT2D eigenvalue weighted by molar-refractivity contribution is 5.57. The first kappa shape index (κ1) is 19.5. The Morgan fingerprint density at radius 2 is 1.70 bits per heavy atom. The van der Waals surface area contributed by atoms with Gasteiger partial charge in [-0.25, -0.2) is 4.98 Å². The number of unbranched alkanes of at least 4 members (excludes halogenated alkanes) is 2. The molecule has 0 unspecified atom stereocenters. The van der Waals surface area contributed by atoms with Crippen LogP contribution in [0.25, 0.3) is 0 Å². The van der Waals surface area contributed by atoms with Crippen molar-refractivity contribution in [3.63, 3.8) is 0 Å². The number of piperazine rings is 1. The number of nitrogens with zero attached hydrogens (tertiary/aromatic N) is 4. The van der Waals surface area contributed by atoms with Crippen LogP contribution in [0.5, 0.6) is 0 Å². The molecule has 0 amide bonds. The van der Waals surface area contributed by atoms with Gasteiger partial charge >= 0.3 is 0 Å². The molecule has 1 aliphatic rings. The molecule has 0 atom stereocenters. The van der Waals surface area contributed by atoms with Gasteiger partial charge in [0, 0.05) is 50.2 Å². The third-order valence-electron chi connectivity index (χ3n) is 5.41. The summed E-state index contributed by atoms with van der Waals surface area (Å²) in [6.45, 7) is 13.6. The third kappa shape index (κ3) is 4.90. The molecule has 1 aromatic heterocycles. The van der Waals surface area contributed by atoms with E-state index in [9.17, 15) is 0 Å². The molecule has 5 nitrogen and oxygen atoms in total. The summed E-state index contributed by atoms with van der Waals surface area (Å²) in [6, 6.07) is 8.62. The lowest BCUT2D eigenvalue weighted by atomic mass is 10.1. The number of aryl methyl sites for hydroxylation is 2. The van der Waals surface area contributed by atoms with Gasteiger partial charge in [-0.15, -0.1) is 0 Å². The van der Waals surface area contributed by atoms with Gasteiger partial charge < -0.3 is 15.1 Å². The van der Waals surface area contributed by atoms with Crippen molar-refractivity contribution in [2.75, 3.05) is 47.8 Å². The Hall–Kier alpha value is -2.30. The summed E-state index contributed by atoms with van der Waals surface area (Å²) in [5, 5.41) is 3.46. The molecule has 1 N–H and O–H groups in total. The largest absolute Gasteiger partial charge is 0.370 e. The van der Waals surface area contributed by atoms with Gasteiger partial charge in [0.25, 0.3) is 0 Å². The van der Waals surface area contributed by atoms with Crippen molar-refractivity contribution in [3.05, 3.63) is 41.1 Å². The van der Waals surface area contributed by atoms with E-state index in [2.05, 4.69) is 66.0 Å². The second-order valence-corrected chi connectivity index (χ2v) is 7.52. The van der Waals surface area contributed by atoms with Gasteiger partial charge in [-0.05, 0) is 44.4 Å². The van der Waals surface area contributed by atoms with Gasteiger partial charge in [-0.1, -0.05) is 31.9 Å². The quantitative estimate of drug-likeness (QED) is 0.738. The van der Waals surface area contributed by atoms with E-state index in [1.54, 1.807) is 0 Å². The summed E-state index contributed by atoms with van der Waals surface area (Å²) < 4.78 is 0. The Labute approximate surface area is 163 Å². The molecule has 1 aromatic carbocycles. The number of anilines is 3. The zero-order valence-electron chi connectivity index (χ0n) is 17.3. The van der Waals surface area contributed by atoms with Crippen molar-refractivity contribution >= 4 is 17.5 Å². The minimum Gasteiger partial charge on any atom is -0.370 e. The summed E-state index contributed by atoms with van der Waals surface area (Å²) in [5.41, 5.74) is 5.13. The van der Waals surface area contributed by atoms with Gasteiger partial charge in [-0.3, -0.25) is 0 Å². The molecule has 0 radical (unpaired) electrons. The standard InChI is InChI=1S/C22H33N5/c1-5-6-7-11-23-21-16-18(3)24-22(25-21)27-14-12-26(13-15-27)20-10-8-9-17(2)19(20)4/h8-10,16H,5-7,11-15H2,1-4H3,(H,23,24,25). The molecule has 0 saturated carbocycles. The first-order chi connectivity index (χ1) is 13.1. The van der Waals surface area contributed by atoms with E-state index in [0.29, 0.717) is 0 Å². The Bertz CT molecular complexity index is 750. The van der Waals surface area contributed by atoms with Gasteiger partial charge in [-0.2, -0.15) is 4.98 Å². The van der Waals surface area contributed by atoms with E-state index < -0.39 is 0 Å². The first-order valence-electron chi connectivity index (χ1n) is 10.2. The van der Waals surface area contributed by atoms with Crippen molar-refractivity contribution < 1.29 is 0 Å². The SMILES string of the molecule is CCCCCNc1cc(C)nc(N2CCN(c3cccc(C)c3C)CC2)n1. The highest BCUT2D eigenvalue weighted by atomic mass is 15.3. The summed E-state index contributed by atoms with van der Waals surface area (Å²) >= 11 is 0. The van der Waals surface area contributed by atoms with E-state index in [1.807, 2.05) is 6.07 Å². The number of hydrogen-bond acceptors (Lipinski definition) is 5. The topological polar surface area (TPSA) is 44.3 Å². The number of rotatable bonds is 7. The second kappa shape index (κ2) is 9.07. The molecule has 146 valence electrons. The van der Waals surface area contributed by atoms with Crippen molar-refractivity contribution in [1.29, 1.82) is 0 Å². The molecular formula is C22H33N5. The van der Waals surface area contributed by atoms with Gasteiger partial charge in [0.15, 0.2) is 0 Å². The van der Waals surface area contributed by atoms with Crippen LogP contribution in [0.3, 0.4) is 0 Å². The van der Waals surface area contributed by atoms with E-state index in [1.165, 1.54) is 36.1 Å². The third-order valence-corrected chi connectivity index (χ3v) is 5.41. The summed E-state index contributed by atoms with van der Waals surface area (Å²) in [7, 11) is 0. The average molecular weight is 368 g/mol. The molecule has 1 fully saturated rings. The van der Waals surface area contributed by atoms with Crippen LogP contribution in [-0.4, -0.2) is 42.7 Å². The molecule has 1 aliphatic heterocycles. The molecule has 0 bridgehead atoms. The maximum atomic E-state index is 4.77. The predicted octanol–water partition coefficient (Wildman–Crippen LogP) is 4.33. The normalized spacial score (nSPS) is 14.5. The monoisotopic (exact) mass is 367 g/mol. The van der Waals surface area contributed by atoms with Crippen LogP contribution in [0, 0.1) is 20.8 Å². The minimum atomic E-state index is 0.855. The van der Waals surface area contributed by atoms with Crippen LogP contribution in [-0.2, 0) is 0 Å².